The van der Waals surface area contributed by atoms with Crippen molar-refractivity contribution in [2.75, 3.05) is 19.6 Å². The van der Waals surface area contributed by atoms with Gasteiger partial charge in [-0.2, -0.15) is 0 Å². The molecule has 2 fully saturated rings. The van der Waals surface area contributed by atoms with Gasteiger partial charge in [-0.3, -0.25) is 9.78 Å². The third-order valence-electron chi connectivity index (χ3n) is 4.56. The molecule has 3 atom stereocenters. The quantitative estimate of drug-likeness (QED) is 0.916. The largest absolute Gasteiger partial charge is 0.461 e. The van der Waals surface area contributed by atoms with E-state index in [1.165, 1.54) is 19.5 Å². The Balaban J connectivity index is 1.50. The fourth-order valence-corrected chi connectivity index (χ4v) is 3.61. The first-order valence-corrected chi connectivity index (χ1v) is 7.57. The van der Waals surface area contributed by atoms with Crippen LogP contribution in [0.2, 0.25) is 0 Å². The molecular weight excluding hydrogens is 266 g/mol. The Bertz CT molecular complexity index is 682. The molecule has 0 radical (unpaired) electrons. The predicted octanol–water partition coefficient (Wildman–Crippen LogP) is 1.96. The van der Waals surface area contributed by atoms with Gasteiger partial charge in [0.25, 0.3) is 5.91 Å². The van der Waals surface area contributed by atoms with Crippen molar-refractivity contribution in [2.45, 2.75) is 25.8 Å². The first-order chi connectivity index (χ1) is 10.2. The second kappa shape index (κ2) is 4.84. The molecule has 5 heteroatoms. The van der Waals surface area contributed by atoms with Crippen molar-refractivity contribution in [1.29, 1.82) is 0 Å². The fraction of sp³-hybridized carbons (Fsp3) is 0.500. The highest BCUT2D eigenvalue weighted by Gasteiger charge is 2.33. The molecule has 2 aliphatic rings. The number of piperidine rings is 1. The Morgan fingerprint density at radius 3 is 3.19 bits per heavy atom. The number of carbonyl (C=O) groups is 1. The lowest BCUT2D eigenvalue weighted by Gasteiger charge is -2.30. The molecule has 0 saturated carbocycles. The Morgan fingerprint density at radius 1 is 1.43 bits per heavy atom. The van der Waals surface area contributed by atoms with Gasteiger partial charge >= 0.3 is 0 Å². The predicted molar refractivity (Wildman–Crippen MR) is 79.2 cm³/mol. The van der Waals surface area contributed by atoms with E-state index in [0.29, 0.717) is 5.69 Å². The van der Waals surface area contributed by atoms with Crippen LogP contribution in [0, 0.1) is 12.8 Å². The van der Waals surface area contributed by atoms with Crippen LogP contribution in [0.1, 0.15) is 29.1 Å². The second-order valence-electron chi connectivity index (χ2n) is 6.28. The van der Waals surface area contributed by atoms with Crippen molar-refractivity contribution in [3.63, 3.8) is 0 Å². The molecule has 2 saturated heterocycles. The van der Waals surface area contributed by atoms with Gasteiger partial charge in [0, 0.05) is 36.8 Å². The molecule has 0 aromatic carbocycles. The van der Waals surface area contributed by atoms with Crippen molar-refractivity contribution in [3.8, 4) is 0 Å². The summed E-state index contributed by atoms with van der Waals surface area (Å²) in [7, 11) is 0. The van der Waals surface area contributed by atoms with Crippen molar-refractivity contribution >= 4 is 16.9 Å². The number of aromatic nitrogens is 1. The highest BCUT2D eigenvalue weighted by molar-refractivity contribution is 5.95. The van der Waals surface area contributed by atoms with Crippen LogP contribution < -0.4 is 5.32 Å². The number of pyridine rings is 1. The van der Waals surface area contributed by atoms with E-state index in [9.17, 15) is 4.79 Å². The van der Waals surface area contributed by atoms with Crippen molar-refractivity contribution < 1.29 is 9.21 Å². The van der Waals surface area contributed by atoms with Gasteiger partial charge < -0.3 is 14.6 Å². The number of hydrogen-bond acceptors (Lipinski definition) is 4. The van der Waals surface area contributed by atoms with Gasteiger partial charge in [0.05, 0.1) is 0 Å². The summed E-state index contributed by atoms with van der Waals surface area (Å²) < 4.78 is 5.56. The first-order valence-electron chi connectivity index (χ1n) is 7.57. The number of carbonyl (C=O) groups excluding carboxylic acids is 1. The summed E-state index contributed by atoms with van der Waals surface area (Å²) >= 11 is 0. The van der Waals surface area contributed by atoms with E-state index in [2.05, 4.69) is 15.2 Å². The molecule has 110 valence electrons. The lowest BCUT2D eigenvalue weighted by Crippen LogP contribution is -2.47. The Labute approximate surface area is 123 Å². The fourth-order valence-electron chi connectivity index (χ4n) is 3.61. The highest BCUT2D eigenvalue weighted by atomic mass is 16.3. The SMILES string of the molecule is Cc1cc2cnc(C(=O)N[C@@H]3C[C@H]4CCN(C4)C3)cc2o1. The standard InChI is InChI=1S/C16H19N3O2/c1-10-4-12-7-17-14(6-15(12)21-10)16(20)18-13-5-11-2-3-19(8-11)9-13/h4,6-7,11,13H,2-3,5,8-9H2,1H3,(H,18,20)/t11-,13-/m1/s1. The highest BCUT2D eigenvalue weighted by Crippen LogP contribution is 2.27. The first kappa shape index (κ1) is 12.8. The summed E-state index contributed by atoms with van der Waals surface area (Å²) in [4.78, 5) is 19.1. The average Bonchev–Trinajstić information content (AvgIpc) is 2.99. The maximum Gasteiger partial charge on any atom is 0.270 e. The van der Waals surface area contributed by atoms with Gasteiger partial charge in [-0.25, -0.2) is 0 Å². The van der Waals surface area contributed by atoms with Gasteiger partial charge in [0.1, 0.15) is 17.0 Å². The van der Waals surface area contributed by atoms with Crippen molar-refractivity contribution in [1.82, 2.24) is 15.2 Å². The van der Waals surface area contributed by atoms with E-state index >= 15 is 0 Å². The molecule has 2 bridgehead atoms. The molecule has 1 N–H and O–H groups in total. The van der Waals surface area contributed by atoms with Crippen molar-refractivity contribution in [2.24, 2.45) is 5.92 Å². The Kier molecular flexibility index (Phi) is 2.96. The van der Waals surface area contributed by atoms with Crippen LogP contribution in [-0.2, 0) is 0 Å². The minimum atomic E-state index is -0.0987. The molecule has 1 unspecified atom stereocenters. The number of hydrogen-bond donors (Lipinski definition) is 1. The molecule has 2 aromatic rings. The topological polar surface area (TPSA) is 58.4 Å². The zero-order chi connectivity index (χ0) is 14.4. The summed E-state index contributed by atoms with van der Waals surface area (Å²) in [6, 6.07) is 3.90. The smallest absolute Gasteiger partial charge is 0.270 e. The lowest BCUT2D eigenvalue weighted by molar-refractivity contribution is 0.0904. The zero-order valence-electron chi connectivity index (χ0n) is 12.1. The monoisotopic (exact) mass is 285 g/mol. The zero-order valence-corrected chi connectivity index (χ0v) is 12.1. The minimum Gasteiger partial charge on any atom is -0.461 e. The van der Waals surface area contributed by atoms with E-state index in [-0.39, 0.29) is 11.9 Å². The normalized spacial score (nSPS) is 28.0. The molecular formula is C16H19N3O2. The van der Waals surface area contributed by atoms with E-state index in [1.807, 2.05) is 13.0 Å². The maximum absolute atomic E-state index is 12.4. The summed E-state index contributed by atoms with van der Waals surface area (Å²) in [6.45, 7) is 5.23. The summed E-state index contributed by atoms with van der Waals surface area (Å²) in [5.74, 6) is 1.48. The number of amides is 1. The Hall–Kier alpha value is -1.88. The van der Waals surface area contributed by atoms with Crippen LogP contribution >= 0.6 is 0 Å². The number of furan rings is 1. The number of aryl methyl sites for hydroxylation is 1. The maximum atomic E-state index is 12.4. The van der Waals surface area contributed by atoms with E-state index < -0.39 is 0 Å². The number of nitrogens with one attached hydrogen (secondary N) is 1. The molecule has 0 aliphatic carbocycles. The molecule has 2 aromatic heterocycles. The minimum absolute atomic E-state index is 0.0987. The summed E-state index contributed by atoms with van der Waals surface area (Å²) in [5, 5.41) is 4.06. The Morgan fingerprint density at radius 2 is 2.33 bits per heavy atom. The van der Waals surface area contributed by atoms with E-state index in [1.54, 1.807) is 12.3 Å². The van der Waals surface area contributed by atoms with Crippen LogP contribution in [-0.4, -0.2) is 41.5 Å². The van der Waals surface area contributed by atoms with Crippen molar-refractivity contribution in [3.05, 3.63) is 29.8 Å². The third kappa shape index (κ3) is 2.42. The van der Waals surface area contributed by atoms with E-state index in [0.717, 1.165) is 35.6 Å². The molecule has 2 aliphatic heterocycles. The van der Waals surface area contributed by atoms with Crippen LogP contribution in [0.25, 0.3) is 11.0 Å². The van der Waals surface area contributed by atoms with Gasteiger partial charge in [-0.1, -0.05) is 0 Å². The van der Waals surface area contributed by atoms with Gasteiger partial charge in [-0.15, -0.1) is 0 Å². The molecule has 21 heavy (non-hydrogen) atoms. The van der Waals surface area contributed by atoms with Gasteiger partial charge in [0.15, 0.2) is 0 Å². The molecule has 1 amide bonds. The van der Waals surface area contributed by atoms with Crippen LogP contribution in [0.5, 0.6) is 0 Å². The number of nitrogens with zero attached hydrogens (tertiary/aromatic N) is 2. The summed E-state index contributed by atoms with van der Waals surface area (Å²) in [5.41, 5.74) is 1.16. The number of rotatable bonds is 2. The number of fused-ring (bicyclic) bond motifs is 3. The lowest BCUT2D eigenvalue weighted by atomic mass is 9.97. The third-order valence-corrected chi connectivity index (χ3v) is 4.56. The second-order valence-corrected chi connectivity index (χ2v) is 6.28. The van der Waals surface area contributed by atoms with Crippen LogP contribution in [0.4, 0.5) is 0 Å². The van der Waals surface area contributed by atoms with Crippen LogP contribution in [0.15, 0.2) is 22.7 Å². The molecule has 4 rings (SSSR count). The van der Waals surface area contributed by atoms with E-state index in [4.69, 9.17) is 4.42 Å². The average molecular weight is 285 g/mol. The molecule has 4 heterocycles. The van der Waals surface area contributed by atoms with Gasteiger partial charge in [0.2, 0.25) is 0 Å². The van der Waals surface area contributed by atoms with Gasteiger partial charge in [-0.05, 0) is 38.3 Å². The molecule has 0 spiro atoms. The summed E-state index contributed by atoms with van der Waals surface area (Å²) in [6.07, 6.45) is 4.06. The molecule has 5 nitrogen and oxygen atoms in total. The van der Waals surface area contributed by atoms with Crippen LogP contribution in [0.3, 0.4) is 0 Å².